The number of carboxylic acids is 1. The highest BCUT2D eigenvalue weighted by molar-refractivity contribution is 8.12. The highest BCUT2D eigenvalue weighted by atomic mass is 32.2. The summed E-state index contributed by atoms with van der Waals surface area (Å²) < 4.78 is 0.930. The van der Waals surface area contributed by atoms with Gasteiger partial charge in [-0.25, -0.2) is 4.79 Å². The van der Waals surface area contributed by atoms with Crippen molar-refractivity contribution in [2.45, 2.75) is 51.8 Å². The van der Waals surface area contributed by atoms with Crippen molar-refractivity contribution in [3.05, 3.63) is 35.4 Å². The molecule has 0 aliphatic heterocycles. The summed E-state index contributed by atoms with van der Waals surface area (Å²) in [7, 11) is 0. The molecule has 0 fully saturated rings. The number of aliphatic carboxylic acids is 1. The number of carboxylic acid groups (broad SMARTS) is 1. The van der Waals surface area contributed by atoms with Crippen molar-refractivity contribution in [3.8, 4) is 0 Å². The molecule has 0 spiro atoms. The molecule has 0 heterocycles. The Morgan fingerprint density at radius 2 is 1.72 bits per heavy atom. The fourth-order valence-corrected chi connectivity index (χ4v) is 3.31. The van der Waals surface area contributed by atoms with Gasteiger partial charge in [0, 0.05) is 24.8 Å². The summed E-state index contributed by atoms with van der Waals surface area (Å²) in [6.07, 6.45) is 1.90. The number of thiol groups is 1. The Morgan fingerprint density at radius 3 is 2.20 bits per heavy atom. The lowest BCUT2D eigenvalue weighted by molar-refractivity contribution is -0.142. The van der Waals surface area contributed by atoms with Gasteiger partial charge in [-0.15, -0.1) is 12.6 Å². The quantitative estimate of drug-likeness (QED) is 0.408. The molecule has 7 heteroatoms. The van der Waals surface area contributed by atoms with E-state index in [9.17, 15) is 14.4 Å². The third kappa shape index (κ3) is 7.52. The van der Waals surface area contributed by atoms with Gasteiger partial charge < -0.3 is 5.11 Å². The van der Waals surface area contributed by atoms with Crippen LogP contribution in [-0.2, 0) is 27.2 Å². The van der Waals surface area contributed by atoms with Gasteiger partial charge in [0.25, 0.3) is 0 Å². The van der Waals surface area contributed by atoms with Crippen LogP contribution in [0.3, 0.4) is 0 Å². The van der Waals surface area contributed by atoms with Crippen LogP contribution in [0.4, 0.5) is 0 Å². The lowest BCUT2D eigenvalue weighted by Gasteiger charge is -2.22. The molecule has 25 heavy (non-hydrogen) atoms. The fourth-order valence-electron chi connectivity index (χ4n) is 2.21. The number of amides is 1. The zero-order chi connectivity index (χ0) is 19.0. The normalized spacial score (nSPS) is 12.0. The molecule has 1 amide bonds. The van der Waals surface area contributed by atoms with Crippen molar-refractivity contribution >= 4 is 41.6 Å². The monoisotopic (exact) mass is 383 g/mol. The number of carbonyl (C=O) groups is 3. The van der Waals surface area contributed by atoms with Gasteiger partial charge in [-0.1, -0.05) is 45.0 Å². The molecule has 0 aliphatic rings. The minimum atomic E-state index is -1.34. The maximum Gasteiger partial charge on any atom is 0.337 e. The number of carbonyl (C=O) groups excluding carboxylic acids is 2. The molecule has 1 rings (SSSR count). The smallest absolute Gasteiger partial charge is 0.337 e. The van der Waals surface area contributed by atoms with Crippen LogP contribution < -0.4 is 0 Å². The van der Waals surface area contributed by atoms with Crippen LogP contribution in [0.2, 0.25) is 0 Å². The average Bonchev–Trinajstić information content (AvgIpc) is 2.57. The van der Waals surface area contributed by atoms with Gasteiger partial charge in [0.1, 0.15) is 0 Å². The number of nitrogens with zero attached hydrogens (tertiary/aromatic N) is 1. The van der Waals surface area contributed by atoms with E-state index < -0.39 is 17.3 Å². The van der Waals surface area contributed by atoms with E-state index in [1.807, 2.05) is 12.1 Å². The Morgan fingerprint density at radius 1 is 1.16 bits per heavy atom. The fraction of sp³-hybridized carbons (Fsp3) is 0.500. The first-order chi connectivity index (χ1) is 11.7. The van der Waals surface area contributed by atoms with Crippen LogP contribution in [0.1, 0.15) is 44.7 Å². The Bertz CT molecular complexity index is 602. The molecule has 5 nitrogen and oxygen atoms in total. The largest absolute Gasteiger partial charge is 0.479 e. The molecule has 1 aromatic carbocycles. The lowest BCUT2D eigenvalue weighted by Crippen LogP contribution is -2.37. The molecule has 1 N–H and O–H groups in total. The summed E-state index contributed by atoms with van der Waals surface area (Å²) >= 11 is 4.53. The molecule has 1 atom stereocenters. The van der Waals surface area contributed by atoms with E-state index in [1.165, 1.54) is 5.56 Å². The minimum Gasteiger partial charge on any atom is -0.479 e. The second-order valence-corrected chi connectivity index (χ2v) is 7.68. The van der Waals surface area contributed by atoms with E-state index in [4.69, 9.17) is 5.11 Å². The summed E-state index contributed by atoms with van der Waals surface area (Å²) in [5.41, 5.74) is 2.30. The van der Waals surface area contributed by atoms with E-state index in [0.29, 0.717) is 24.3 Å². The summed E-state index contributed by atoms with van der Waals surface area (Å²) in [5.74, 6) is -1.10. The topological polar surface area (TPSA) is 74.7 Å². The first kappa shape index (κ1) is 21.6. The first-order valence-corrected chi connectivity index (χ1v) is 9.55. The van der Waals surface area contributed by atoms with Crippen LogP contribution in [-0.4, -0.2) is 31.8 Å². The lowest BCUT2D eigenvalue weighted by atomic mass is 10.0. The van der Waals surface area contributed by atoms with Gasteiger partial charge in [0.05, 0.1) is 0 Å². The number of aryl methyl sites for hydroxylation is 1. The molecule has 1 unspecified atom stereocenters. The van der Waals surface area contributed by atoms with Crippen molar-refractivity contribution in [1.82, 2.24) is 4.31 Å². The first-order valence-electron chi connectivity index (χ1n) is 8.26. The molecule has 0 aromatic heterocycles. The number of hydrogen-bond donors (Lipinski definition) is 2. The zero-order valence-corrected chi connectivity index (χ0v) is 16.5. The summed E-state index contributed by atoms with van der Waals surface area (Å²) in [5, 5.41) is 7.42. The van der Waals surface area contributed by atoms with E-state index >= 15 is 0 Å². The van der Waals surface area contributed by atoms with Crippen LogP contribution in [0.15, 0.2) is 24.3 Å². The van der Waals surface area contributed by atoms with E-state index in [-0.39, 0.29) is 18.0 Å². The maximum atomic E-state index is 12.1. The Labute approximate surface area is 158 Å². The van der Waals surface area contributed by atoms with Gasteiger partial charge >= 0.3 is 5.97 Å². The molecular formula is C18H25NO4S2. The Balaban J connectivity index is 2.59. The molecule has 0 aliphatic carbocycles. The summed E-state index contributed by atoms with van der Waals surface area (Å²) in [4.78, 5) is 35.0. The Kier molecular flexibility index (Phi) is 9.06. The molecule has 138 valence electrons. The zero-order valence-electron chi connectivity index (χ0n) is 14.8. The molecule has 0 bridgehead atoms. The number of benzene rings is 1. The maximum absolute atomic E-state index is 12.1. The number of rotatable bonds is 8. The molecule has 0 saturated carbocycles. The predicted molar refractivity (Wildman–Crippen MR) is 103 cm³/mol. The highest BCUT2D eigenvalue weighted by Crippen LogP contribution is 2.22. The van der Waals surface area contributed by atoms with Crippen molar-refractivity contribution < 1.29 is 19.5 Å². The van der Waals surface area contributed by atoms with E-state index in [1.54, 1.807) is 6.92 Å². The molecule has 0 radical (unpaired) electrons. The summed E-state index contributed by atoms with van der Waals surface area (Å²) in [6.45, 7) is 5.94. The molecular weight excluding hydrogens is 358 g/mol. The van der Waals surface area contributed by atoms with Crippen LogP contribution in [0.25, 0.3) is 0 Å². The van der Waals surface area contributed by atoms with Gasteiger partial charge in [-0.05, 0) is 29.9 Å². The van der Waals surface area contributed by atoms with Crippen molar-refractivity contribution in [1.29, 1.82) is 0 Å². The van der Waals surface area contributed by atoms with E-state index in [2.05, 4.69) is 38.6 Å². The SMILES string of the molecule is CCC(=O)N(SC(=O)CCc1ccc(CC(C)C)cc1)C(S)C(=O)O. The molecule has 1 aromatic rings. The average molecular weight is 384 g/mol. The van der Waals surface area contributed by atoms with Gasteiger partial charge in [-0.3, -0.25) is 13.9 Å². The van der Waals surface area contributed by atoms with Gasteiger partial charge in [0.15, 0.2) is 5.37 Å². The van der Waals surface area contributed by atoms with Crippen LogP contribution in [0.5, 0.6) is 0 Å². The second-order valence-electron chi connectivity index (χ2n) is 6.16. The molecule has 0 saturated heterocycles. The predicted octanol–water partition coefficient (Wildman–Crippen LogP) is 3.57. The van der Waals surface area contributed by atoms with Gasteiger partial charge in [0.2, 0.25) is 11.0 Å². The van der Waals surface area contributed by atoms with Crippen LogP contribution in [0, 0.1) is 5.92 Å². The summed E-state index contributed by atoms with van der Waals surface area (Å²) in [6, 6.07) is 8.13. The third-order valence-corrected chi connectivity index (χ3v) is 5.10. The highest BCUT2D eigenvalue weighted by Gasteiger charge is 2.28. The van der Waals surface area contributed by atoms with Gasteiger partial charge in [-0.2, -0.15) is 0 Å². The number of hydrogen-bond acceptors (Lipinski definition) is 5. The third-order valence-electron chi connectivity index (χ3n) is 3.48. The van der Waals surface area contributed by atoms with Crippen molar-refractivity contribution in [3.63, 3.8) is 0 Å². The van der Waals surface area contributed by atoms with Crippen molar-refractivity contribution in [2.24, 2.45) is 5.92 Å². The Hall–Kier alpha value is -1.47. The van der Waals surface area contributed by atoms with Crippen molar-refractivity contribution in [2.75, 3.05) is 0 Å². The van der Waals surface area contributed by atoms with E-state index in [0.717, 1.165) is 16.3 Å². The minimum absolute atomic E-state index is 0.113. The van der Waals surface area contributed by atoms with Crippen LogP contribution >= 0.6 is 24.6 Å². The standard InChI is InChI=1S/C18H25NO4S2/c1-4-15(20)19(17(24)18(22)23)25-16(21)10-9-13-5-7-14(8-6-13)11-12(2)3/h5-8,12,17,24H,4,9-11H2,1-3H3,(H,22,23). The second kappa shape index (κ2) is 10.5.